The van der Waals surface area contributed by atoms with Crippen LogP contribution in [0.4, 0.5) is 5.69 Å². The number of sulfone groups is 1. The summed E-state index contributed by atoms with van der Waals surface area (Å²) < 4.78 is 24.0. The van der Waals surface area contributed by atoms with Gasteiger partial charge in [0, 0.05) is 19.1 Å². The molecule has 0 unspecified atom stereocenters. The van der Waals surface area contributed by atoms with E-state index in [0.29, 0.717) is 10.6 Å². The van der Waals surface area contributed by atoms with Gasteiger partial charge in [0.2, 0.25) is 0 Å². The Bertz CT molecular complexity index is 524. The maximum Gasteiger partial charge on any atom is 0.180 e. The quantitative estimate of drug-likeness (QED) is 0.831. The van der Waals surface area contributed by atoms with Gasteiger partial charge in [0.05, 0.1) is 16.3 Å². The first kappa shape index (κ1) is 14.3. The van der Waals surface area contributed by atoms with E-state index in [1.165, 1.54) is 12.8 Å². The fourth-order valence-corrected chi connectivity index (χ4v) is 3.18. The zero-order valence-corrected chi connectivity index (χ0v) is 12.4. The van der Waals surface area contributed by atoms with Crippen LogP contribution in [0.1, 0.15) is 19.8 Å². The number of rotatable bonds is 7. The van der Waals surface area contributed by atoms with Crippen LogP contribution in [0.2, 0.25) is 0 Å². The SMILES string of the molecule is CCS(=O)(=O)c1ccccc1NCCN(C)C1CC1. The summed E-state index contributed by atoms with van der Waals surface area (Å²) in [7, 11) is -1.04. The Labute approximate surface area is 115 Å². The summed E-state index contributed by atoms with van der Waals surface area (Å²) in [5, 5.41) is 3.25. The van der Waals surface area contributed by atoms with Gasteiger partial charge < -0.3 is 10.2 Å². The molecule has 1 aromatic rings. The number of anilines is 1. The van der Waals surface area contributed by atoms with Crippen molar-refractivity contribution < 1.29 is 8.42 Å². The van der Waals surface area contributed by atoms with Crippen LogP contribution in [0.3, 0.4) is 0 Å². The zero-order chi connectivity index (χ0) is 13.9. The highest BCUT2D eigenvalue weighted by molar-refractivity contribution is 7.91. The number of likely N-dealkylation sites (N-methyl/N-ethyl adjacent to an activating group) is 1. The first-order valence-corrected chi connectivity index (χ1v) is 8.45. The minimum Gasteiger partial charge on any atom is -0.383 e. The van der Waals surface area contributed by atoms with Gasteiger partial charge in [0.1, 0.15) is 0 Å². The minimum atomic E-state index is -3.16. The molecule has 0 amide bonds. The van der Waals surface area contributed by atoms with Crippen molar-refractivity contribution in [3.8, 4) is 0 Å². The van der Waals surface area contributed by atoms with Gasteiger partial charge in [-0.25, -0.2) is 8.42 Å². The van der Waals surface area contributed by atoms with Crippen molar-refractivity contribution in [2.45, 2.75) is 30.7 Å². The smallest absolute Gasteiger partial charge is 0.180 e. The lowest BCUT2D eigenvalue weighted by Gasteiger charge is -2.17. The fourth-order valence-electron chi connectivity index (χ4n) is 2.10. The third-order valence-electron chi connectivity index (χ3n) is 3.55. The Kier molecular flexibility index (Phi) is 4.47. The number of benzene rings is 1. The maximum atomic E-state index is 12.0. The molecule has 0 atom stereocenters. The van der Waals surface area contributed by atoms with Gasteiger partial charge in [-0.2, -0.15) is 0 Å². The highest BCUT2D eigenvalue weighted by Gasteiger charge is 2.25. The van der Waals surface area contributed by atoms with Crippen molar-refractivity contribution in [2.75, 3.05) is 31.2 Å². The van der Waals surface area contributed by atoms with Gasteiger partial charge in [0.25, 0.3) is 0 Å². The summed E-state index contributed by atoms with van der Waals surface area (Å²) in [6.07, 6.45) is 2.58. The fraction of sp³-hybridized carbons (Fsp3) is 0.571. The summed E-state index contributed by atoms with van der Waals surface area (Å²) in [5.74, 6) is 0.133. The van der Waals surface area contributed by atoms with Crippen LogP contribution < -0.4 is 5.32 Å². The third kappa shape index (κ3) is 3.70. The highest BCUT2D eigenvalue weighted by atomic mass is 32.2. The molecule has 1 N–H and O–H groups in total. The summed E-state index contributed by atoms with van der Waals surface area (Å²) in [6.45, 7) is 3.38. The van der Waals surface area contributed by atoms with E-state index in [-0.39, 0.29) is 5.75 Å². The van der Waals surface area contributed by atoms with E-state index < -0.39 is 9.84 Å². The number of hydrogen-bond acceptors (Lipinski definition) is 4. The maximum absolute atomic E-state index is 12.0. The number of nitrogens with zero attached hydrogens (tertiary/aromatic N) is 1. The zero-order valence-electron chi connectivity index (χ0n) is 11.6. The molecule has 1 fully saturated rings. The Morgan fingerprint density at radius 3 is 2.63 bits per heavy atom. The van der Waals surface area contributed by atoms with Crippen LogP contribution in [-0.2, 0) is 9.84 Å². The van der Waals surface area contributed by atoms with Crippen molar-refractivity contribution in [2.24, 2.45) is 0 Å². The van der Waals surface area contributed by atoms with Crippen LogP contribution in [-0.4, -0.2) is 45.2 Å². The molecule has 4 nitrogen and oxygen atoms in total. The molecular weight excluding hydrogens is 260 g/mol. The highest BCUT2D eigenvalue weighted by Crippen LogP contribution is 2.25. The van der Waals surface area contributed by atoms with E-state index in [4.69, 9.17) is 0 Å². The summed E-state index contributed by atoms with van der Waals surface area (Å²) in [4.78, 5) is 2.73. The lowest BCUT2D eigenvalue weighted by molar-refractivity contribution is 0.337. The lowest BCUT2D eigenvalue weighted by atomic mass is 10.3. The molecule has 1 aromatic carbocycles. The molecule has 0 saturated heterocycles. The molecule has 106 valence electrons. The number of nitrogens with one attached hydrogen (secondary N) is 1. The molecule has 19 heavy (non-hydrogen) atoms. The van der Waals surface area contributed by atoms with E-state index in [2.05, 4.69) is 17.3 Å². The summed E-state index contributed by atoms with van der Waals surface area (Å²) >= 11 is 0. The van der Waals surface area contributed by atoms with Crippen LogP contribution in [0.5, 0.6) is 0 Å². The Balaban J connectivity index is 1.99. The third-order valence-corrected chi connectivity index (χ3v) is 5.34. The van der Waals surface area contributed by atoms with Crippen molar-refractivity contribution in [3.63, 3.8) is 0 Å². The molecule has 0 spiro atoms. The van der Waals surface area contributed by atoms with Crippen molar-refractivity contribution in [1.29, 1.82) is 0 Å². The minimum absolute atomic E-state index is 0.133. The van der Waals surface area contributed by atoms with E-state index in [1.54, 1.807) is 19.1 Å². The predicted molar refractivity (Wildman–Crippen MR) is 78.3 cm³/mol. The van der Waals surface area contributed by atoms with E-state index in [0.717, 1.165) is 19.1 Å². The molecule has 1 aliphatic carbocycles. The van der Waals surface area contributed by atoms with Gasteiger partial charge in [-0.05, 0) is 32.0 Å². The lowest BCUT2D eigenvalue weighted by Crippen LogP contribution is -2.27. The summed E-state index contributed by atoms with van der Waals surface area (Å²) in [6, 6.07) is 7.87. The summed E-state index contributed by atoms with van der Waals surface area (Å²) in [5.41, 5.74) is 0.716. The van der Waals surface area contributed by atoms with Gasteiger partial charge >= 0.3 is 0 Å². The second kappa shape index (κ2) is 5.92. The molecule has 0 bridgehead atoms. The Morgan fingerprint density at radius 1 is 1.32 bits per heavy atom. The van der Waals surface area contributed by atoms with Gasteiger partial charge in [-0.15, -0.1) is 0 Å². The van der Waals surface area contributed by atoms with Crippen LogP contribution in [0, 0.1) is 0 Å². The first-order valence-electron chi connectivity index (χ1n) is 6.80. The molecular formula is C14H22N2O2S. The van der Waals surface area contributed by atoms with E-state index in [1.807, 2.05) is 12.1 Å². The van der Waals surface area contributed by atoms with Crippen molar-refractivity contribution in [3.05, 3.63) is 24.3 Å². The van der Waals surface area contributed by atoms with Gasteiger partial charge in [-0.3, -0.25) is 0 Å². The monoisotopic (exact) mass is 282 g/mol. The Morgan fingerprint density at radius 2 is 2.00 bits per heavy atom. The van der Waals surface area contributed by atoms with Gasteiger partial charge in [-0.1, -0.05) is 19.1 Å². The second-order valence-electron chi connectivity index (χ2n) is 5.04. The van der Waals surface area contributed by atoms with Gasteiger partial charge in [0.15, 0.2) is 9.84 Å². The standard InChI is InChI=1S/C14H22N2O2S/c1-3-19(17,18)14-7-5-4-6-13(14)15-10-11-16(2)12-8-9-12/h4-7,12,15H,3,8-11H2,1-2H3. The molecule has 5 heteroatoms. The van der Waals surface area contributed by atoms with E-state index >= 15 is 0 Å². The molecule has 1 aliphatic rings. The molecule has 0 heterocycles. The first-order chi connectivity index (χ1) is 9.04. The average molecular weight is 282 g/mol. The second-order valence-corrected chi connectivity index (χ2v) is 7.28. The predicted octanol–water partition coefficient (Wildman–Crippen LogP) is 1.99. The molecule has 2 rings (SSSR count). The molecule has 0 aliphatic heterocycles. The van der Waals surface area contributed by atoms with E-state index in [9.17, 15) is 8.42 Å². The van der Waals surface area contributed by atoms with Crippen LogP contribution in [0.15, 0.2) is 29.2 Å². The number of hydrogen-bond donors (Lipinski definition) is 1. The Hall–Kier alpha value is -1.07. The average Bonchev–Trinajstić information content (AvgIpc) is 3.23. The number of para-hydroxylation sites is 1. The van der Waals surface area contributed by atoms with Crippen LogP contribution in [0.25, 0.3) is 0 Å². The molecule has 0 radical (unpaired) electrons. The molecule has 0 aromatic heterocycles. The largest absolute Gasteiger partial charge is 0.383 e. The van der Waals surface area contributed by atoms with Crippen molar-refractivity contribution >= 4 is 15.5 Å². The topological polar surface area (TPSA) is 49.4 Å². The van der Waals surface area contributed by atoms with Crippen molar-refractivity contribution in [1.82, 2.24) is 4.90 Å². The van der Waals surface area contributed by atoms with Crippen LogP contribution >= 0.6 is 0 Å². The molecule has 1 saturated carbocycles. The normalized spacial score (nSPS) is 15.7.